The molecule has 0 aliphatic carbocycles. The first-order valence-corrected chi connectivity index (χ1v) is 20.1. The molecule has 0 aromatic heterocycles. The van der Waals surface area contributed by atoms with Gasteiger partial charge in [0.05, 0.1) is 0 Å². The molecular formula is C58H38. The van der Waals surface area contributed by atoms with Crippen molar-refractivity contribution in [3.8, 4) is 66.8 Å². The minimum atomic E-state index is 1.21. The Labute approximate surface area is 339 Å². The van der Waals surface area contributed by atoms with E-state index in [1.54, 1.807) is 0 Å². The molecule has 0 spiro atoms. The molecular weight excluding hydrogens is 697 g/mol. The second-order valence-corrected chi connectivity index (χ2v) is 15.3. The number of rotatable bonds is 6. The van der Waals surface area contributed by atoms with Crippen LogP contribution in [0.15, 0.2) is 231 Å². The minimum absolute atomic E-state index is 1.21. The van der Waals surface area contributed by atoms with Crippen LogP contribution in [-0.4, -0.2) is 0 Å². The molecule has 0 atom stereocenters. The first-order valence-electron chi connectivity index (χ1n) is 20.1. The summed E-state index contributed by atoms with van der Waals surface area (Å²) in [6, 6.07) is 84.6. The zero-order valence-corrected chi connectivity index (χ0v) is 31.9. The summed E-state index contributed by atoms with van der Waals surface area (Å²) in [5.41, 5.74) is 14.7. The molecule has 11 rings (SSSR count). The Balaban J connectivity index is 1.05. The molecule has 0 aliphatic rings. The van der Waals surface area contributed by atoms with Gasteiger partial charge in [-0.15, -0.1) is 0 Å². The molecule has 0 fully saturated rings. The lowest BCUT2D eigenvalue weighted by atomic mass is 9.85. The van der Waals surface area contributed by atoms with Gasteiger partial charge in [0.25, 0.3) is 0 Å². The van der Waals surface area contributed by atoms with E-state index in [0.29, 0.717) is 0 Å². The van der Waals surface area contributed by atoms with Crippen molar-refractivity contribution in [1.29, 1.82) is 0 Å². The van der Waals surface area contributed by atoms with Crippen LogP contribution in [0.1, 0.15) is 0 Å². The zero-order valence-electron chi connectivity index (χ0n) is 31.9. The number of hydrogen-bond donors (Lipinski definition) is 0. The van der Waals surface area contributed by atoms with Crippen molar-refractivity contribution in [1.82, 2.24) is 0 Å². The molecule has 58 heavy (non-hydrogen) atoms. The maximum absolute atomic E-state index is 2.39. The van der Waals surface area contributed by atoms with E-state index in [-0.39, 0.29) is 0 Å². The Morgan fingerprint density at radius 1 is 0.172 bits per heavy atom. The van der Waals surface area contributed by atoms with Gasteiger partial charge in [-0.3, -0.25) is 0 Å². The van der Waals surface area contributed by atoms with Gasteiger partial charge in [0.2, 0.25) is 0 Å². The van der Waals surface area contributed by atoms with Gasteiger partial charge in [-0.25, -0.2) is 0 Å². The van der Waals surface area contributed by atoms with E-state index >= 15 is 0 Å². The molecule has 270 valence electrons. The van der Waals surface area contributed by atoms with Gasteiger partial charge < -0.3 is 0 Å². The fraction of sp³-hybridized carbons (Fsp3) is 0. The van der Waals surface area contributed by atoms with E-state index in [0.717, 1.165) is 0 Å². The molecule has 0 saturated carbocycles. The topological polar surface area (TPSA) is 0 Å². The van der Waals surface area contributed by atoms with Crippen LogP contribution in [0.3, 0.4) is 0 Å². The van der Waals surface area contributed by atoms with Crippen LogP contribution < -0.4 is 0 Å². The van der Waals surface area contributed by atoms with Crippen LogP contribution in [0.4, 0.5) is 0 Å². The fourth-order valence-corrected chi connectivity index (χ4v) is 9.01. The Morgan fingerprint density at radius 3 is 1.17 bits per heavy atom. The number of hydrogen-bond acceptors (Lipinski definition) is 0. The molecule has 0 amide bonds. The monoisotopic (exact) mass is 734 g/mol. The highest BCUT2D eigenvalue weighted by molar-refractivity contribution is 6.21. The Bertz CT molecular complexity index is 3180. The van der Waals surface area contributed by atoms with Gasteiger partial charge in [0.15, 0.2) is 0 Å². The summed E-state index contributed by atoms with van der Waals surface area (Å²) in [7, 11) is 0. The normalized spacial score (nSPS) is 11.4. The number of fused-ring (bicyclic) bond motifs is 4. The van der Waals surface area contributed by atoms with Gasteiger partial charge in [0.1, 0.15) is 0 Å². The Hall–Kier alpha value is -7.54. The van der Waals surface area contributed by atoms with Gasteiger partial charge >= 0.3 is 0 Å². The third-order valence-electron chi connectivity index (χ3n) is 11.8. The molecule has 0 heterocycles. The summed E-state index contributed by atoms with van der Waals surface area (Å²) in [4.78, 5) is 0. The standard InChI is InChI=1S/C58H38/c1-3-14-39(15-4-1)48-36-49(40-16-5-2-6-17-40)38-50(37-48)45-32-26-41-27-33-46(35-47(41)34-45)58-55-23-11-9-21-53(55)57(54-22-10-12-24-56(54)58)44-30-28-43(29-31-44)52-25-13-19-42-18-7-8-20-51(42)52/h1-38H. The van der Waals surface area contributed by atoms with Crippen LogP contribution in [0.25, 0.3) is 110 Å². The summed E-state index contributed by atoms with van der Waals surface area (Å²) in [5, 5.41) is 10.0. The first kappa shape index (κ1) is 33.8. The van der Waals surface area contributed by atoms with Crippen LogP contribution >= 0.6 is 0 Å². The maximum Gasteiger partial charge on any atom is -0.00262 e. The van der Waals surface area contributed by atoms with Crippen molar-refractivity contribution in [2.24, 2.45) is 0 Å². The Kier molecular flexibility index (Phi) is 8.26. The van der Waals surface area contributed by atoms with Crippen molar-refractivity contribution in [2.75, 3.05) is 0 Å². The van der Waals surface area contributed by atoms with E-state index in [2.05, 4.69) is 231 Å². The van der Waals surface area contributed by atoms with Gasteiger partial charge in [-0.05, 0) is 140 Å². The van der Waals surface area contributed by atoms with Crippen LogP contribution in [0.2, 0.25) is 0 Å². The molecule has 0 aliphatic heterocycles. The summed E-state index contributed by atoms with van der Waals surface area (Å²) < 4.78 is 0. The molecule has 0 unspecified atom stereocenters. The molecule has 11 aromatic rings. The van der Waals surface area contributed by atoms with E-state index in [4.69, 9.17) is 0 Å². The molecule has 0 saturated heterocycles. The highest BCUT2D eigenvalue weighted by atomic mass is 14.2. The molecule has 0 bridgehead atoms. The molecule has 0 radical (unpaired) electrons. The van der Waals surface area contributed by atoms with Crippen LogP contribution in [0, 0.1) is 0 Å². The smallest absolute Gasteiger partial charge is 0.00262 e. The van der Waals surface area contributed by atoms with Gasteiger partial charge in [-0.1, -0.05) is 200 Å². The SMILES string of the molecule is c1ccc(-c2cc(-c3ccccc3)cc(-c3ccc4ccc(-c5c6ccccc6c(-c6ccc(-c7cccc8ccccc78)cc6)c6ccccc56)cc4c3)c2)cc1. The van der Waals surface area contributed by atoms with E-state index in [1.165, 1.54) is 110 Å². The number of benzene rings is 11. The van der Waals surface area contributed by atoms with Crippen molar-refractivity contribution in [3.05, 3.63) is 231 Å². The summed E-state index contributed by atoms with van der Waals surface area (Å²) in [5.74, 6) is 0. The highest BCUT2D eigenvalue weighted by Crippen LogP contribution is 2.45. The van der Waals surface area contributed by atoms with Crippen molar-refractivity contribution in [3.63, 3.8) is 0 Å². The van der Waals surface area contributed by atoms with Gasteiger partial charge in [0, 0.05) is 0 Å². The third kappa shape index (κ3) is 5.95. The largest absolute Gasteiger partial charge is 0.0622 e. The zero-order chi connectivity index (χ0) is 38.4. The lowest BCUT2D eigenvalue weighted by Gasteiger charge is -2.18. The van der Waals surface area contributed by atoms with Gasteiger partial charge in [-0.2, -0.15) is 0 Å². The minimum Gasteiger partial charge on any atom is -0.0622 e. The van der Waals surface area contributed by atoms with Crippen molar-refractivity contribution in [2.45, 2.75) is 0 Å². The molecule has 0 nitrogen and oxygen atoms in total. The summed E-state index contributed by atoms with van der Waals surface area (Å²) in [6.45, 7) is 0. The van der Waals surface area contributed by atoms with Crippen LogP contribution in [0.5, 0.6) is 0 Å². The predicted octanol–water partition coefficient (Wildman–Crippen LogP) is 16.3. The average Bonchev–Trinajstić information content (AvgIpc) is 3.30. The highest BCUT2D eigenvalue weighted by Gasteiger charge is 2.17. The molecule has 0 heteroatoms. The predicted molar refractivity (Wildman–Crippen MR) is 249 cm³/mol. The molecule has 11 aromatic carbocycles. The second kappa shape index (κ2) is 14.2. The first-order chi connectivity index (χ1) is 28.7. The lowest BCUT2D eigenvalue weighted by molar-refractivity contribution is 1.57. The third-order valence-corrected chi connectivity index (χ3v) is 11.8. The average molecular weight is 735 g/mol. The summed E-state index contributed by atoms with van der Waals surface area (Å²) >= 11 is 0. The Morgan fingerprint density at radius 2 is 0.586 bits per heavy atom. The quantitative estimate of drug-likeness (QED) is 0.149. The summed E-state index contributed by atoms with van der Waals surface area (Å²) in [6.07, 6.45) is 0. The molecule has 0 N–H and O–H groups in total. The lowest BCUT2D eigenvalue weighted by Crippen LogP contribution is -1.91. The maximum atomic E-state index is 2.39. The van der Waals surface area contributed by atoms with Crippen molar-refractivity contribution < 1.29 is 0 Å². The van der Waals surface area contributed by atoms with E-state index in [9.17, 15) is 0 Å². The van der Waals surface area contributed by atoms with E-state index < -0.39 is 0 Å². The van der Waals surface area contributed by atoms with Crippen LogP contribution in [-0.2, 0) is 0 Å². The fourth-order valence-electron chi connectivity index (χ4n) is 9.01. The van der Waals surface area contributed by atoms with E-state index in [1.807, 2.05) is 0 Å². The second-order valence-electron chi connectivity index (χ2n) is 15.3. The van der Waals surface area contributed by atoms with Crippen molar-refractivity contribution >= 4 is 43.1 Å².